The van der Waals surface area contributed by atoms with E-state index in [9.17, 15) is 0 Å². The number of nitrogens with one attached hydrogen (secondary N) is 1. The molecule has 1 aliphatic rings. The third-order valence-electron chi connectivity index (χ3n) is 4.98. The standard InChI is InChI=1S/C19H30ClN/c1-13(2)18-10-5-14(3)11-19(18)21-15(4)12-16-6-8-17(20)9-7-16/h6-9,13-15,18-19,21H,5,10-12H2,1-4H3. The Kier molecular flexibility index (Phi) is 6.13. The van der Waals surface area contributed by atoms with E-state index >= 15 is 0 Å². The minimum Gasteiger partial charge on any atom is -0.311 e. The van der Waals surface area contributed by atoms with Crippen LogP contribution in [0.15, 0.2) is 24.3 Å². The minimum atomic E-state index is 0.516. The smallest absolute Gasteiger partial charge is 0.0406 e. The van der Waals surface area contributed by atoms with Crippen molar-refractivity contribution < 1.29 is 0 Å². The van der Waals surface area contributed by atoms with Crippen molar-refractivity contribution in [2.24, 2.45) is 17.8 Å². The maximum atomic E-state index is 5.96. The molecule has 0 spiro atoms. The van der Waals surface area contributed by atoms with Crippen molar-refractivity contribution in [2.75, 3.05) is 0 Å². The largest absolute Gasteiger partial charge is 0.311 e. The molecule has 118 valence electrons. The zero-order chi connectivity index (χ0) is 15.4. The second-order valence-electron chi connectivity index (χ2n) is 7.33. The topological polar surface area (TPSA) is 12.0 Å². The summed E-state index contributed by atoms with van der Waals surface area (Å²) in [5.41, 5.74) is 1.37. The highest BCUT2D eigenvalue weighted by Gasteiger charge is 2.31. The van der Waals surface area contributed by atoms with Crippen LogP contribution in [0.3, 0.4) is 0 Å². The van der Waals surface area contributed by atoms with Gasteiger partial charge < -0.3 is 5.32 Å². The summed E-state index contributed by atoms with van der Waals surface area (Å²) < 4.78 is 0. The van der Waals surface area contributed by atoms with Crippen LogP contribution in [0, 0.1) is 17.8 Å². The molecule has 0 aromatic heterocycles. The average molecular weight is 308 g/mol. The van der Waals surface area contributed by atoms with E-state index < -0.39 is 0 Å². The van der Waals surface area contributed by atoms with Crippen molar-refractivity contribution in [3.05, 3.63) is 34.9 Å². The number of halogens is 1. The Morgan fingerprint density at radius 2 is 1.81 bits per heavy atom. The molecule has 0 amide bonds. The lowest BCUT2D eigenvalue weighted by molar-refractivity contribution is 0.161. The van der Waals surface area contributed by atoms with E-state index in [0.29, 0.717) is 12.1 Å². The maximum Gasteiger partial charge on any atom is 0.0406 e. The predicted octanol–water partition coefficient (Wildman–Crippen LogP) is 5.32. The molecule has 2 rings (SSSR count). The van der Waals surface area contributed by atoms with Crippen LogP contribution in [0.5, 0.6) is 0 Å². The average Bonchev–Trinajstić information content (AvgIpc) is 2.41. The Hall–Kier alpha value is -0.530. The first-order valence-corrected chi connectivity index (χ1v) is 8.84. The molecule has 4 atom stereocenters. The predicted molar refractivity (Wildman–Crippen MR) is 92.9 cm³/mol. The summed E-state index contributed by atoms with van der Waals surface area (Å²) >= 11 is 5.96. The molecule has 0 aliphatic heterocycles. The Bertz CT molecular complexity index is 426. The van der Waals surface area contributed by atoms with Crippen molar-refractivity contribution in [1.82, 2.24) is 5.32 Å². The van der Waals surface area contributed by atoms with Gasteiger partial charge in [0, 0.05) is 17.1 Å². The molecule has 0 radical (unpaired) electrons. The molecule has 1 aromatic carbocycles. The number of hydrogen-bond acceptors (Lipinski definition) is 1. The van der Waals surface area contributed by atoms with Gasteiger partial charge in [-0.25, -0.2) is 0 Å². The molecule has 1 aliphatic carbocycles. The molecule has 0 bridgehead atoms. The lowest BCUT2D eigenvalue weighted by Crippen LogP contribution is -2.47. The van der Waals surface area contributed by atoms with Crippen molar-refractivity contribution in [2.45, 2.75) is 65.5 Å². The van der Waals surface area contributed by atoms with Crippen LogP contribution in [0.2, 0.25) is 5.02 Å². The third kappa shape index (κ3) is 5.00. The Labute approximate surface area is 135 Å². The minimum absolute atomic E-state index is 0.516. The maximum absolute atomic E-state index is 5.96. The molecule has 0 saturated heterocycles. The molecule has 0 heterocycles. The summed E-state index contributed by atoms with van der Waals surface area (Å²) in [5.74, 6) is 2.46. The summed E-state index contributed by atoms with van der Waals surface area (Å²) in [6.45, 7) is 9.46. The van der Waals surface area contributed by atoms with Gasteiger partial charge in [-0.3, -0.25) is 0 Å². The zero-order valence-corrected chi connectivity index (χ0v) is 14.7. The van der Waals surface area contributed by atoms with Crippen molar-refractivity contribution in [1.29, 1.82) is 0 Å². The number of benzene rings is 1. The van der Waals surface area contributed by atoms with Crippen LogP contribution >= 0.6 is 11.6 Å². The normalized spacial score (nSPS) is 27.8. The first kappa shape index (κ1) is 16.8. The quantitative estimate of drug-likeness (QED) is 0.776. The van der Waals surface area contributed by atoms with Gasteiger partial charge in [0.05, 0.1) is 0 Å². The first-order valence-electron chi connectivity index (χ1n) is 8.46. The SMILES string of the molecule is CC1CCC(C(C)C)C(NC(C)Cc2ccc(Cl)cc2)C1. The van der Waals surface area contributed by atoms with E-state index in [-0.39, 0.29) is 0 Å². The first-order chi connectivity index (χ1) is 9.95. The van der Waals surface area contributed by atoms with Crippen LogP contribution < -0.4 is 5.32 Å². The second kappa shape index (κ2) is 7.65. The van der Waals surface area contributed by atoms with Gasteiger partial charge in [0.25, 0.3) is 0 Å². The van der Waals surface area contributed by atoms with Crippen LogP contribution in [-0.2, 0) is 6.42 Å². The molecule has 1 N–H and O–H groups in total. The Morgan fingerprint density at radius 3 is 2.43 bits per heavy atom. The van der Waals surface area contributed by atoms with Crippen LogP contribution in [0.1, 0.15) is 52.5 Å². The van der Waals surface area contributed by atoms with E-state index in [2.05, 4.69) is 45.1 Å². The van der Waals surface area contributed by atoms with E-state index in [0.717, 1.165) is 29.2 Å². The van der Waals surface area contributed by atoms with E-state index in [1.165, 1.54) is 24.8 Å². The highest BCUT2D eigenvalue weighted by atomic mass is 35.5. The number of rotatable bonds is 5. The molecule has 1 aromatic rings. The van der Waals surface area contributed by atoms with E-state index in [1.807, 2.05) is 12.1 Å². The fourth-order valence-electron chi connectivity index (χ4n) is 3.79. The van der Waals surface area contributed by atoms with Crippen molar-refractivity contribution >= 4 is 11.6 Å². The van der Waals surface area contributed by atoms with Gasteiger partial charge in [0.1, 0.15) is 0 Å². The molecular formula is C19H30ClN. The highest BCUT2D eigenvalue weighted by molar-refractivity contribution is 6.30. The summed E-state index contributed by atoms with van der Waals surface area (Å²) in [4.78, 5) is 0. The number of hydrogen-bond donors (Lipinski definition) is 1. The fraction of sp³-hybridized carbons (Fsp3) is 0.684. The summed E-state index contributed by atoms with van der Waals surface area (Å²) in [7, 11) is 0. The van der Waals surface area contributed by atoms with Crippen LogP contribution in [0.4, 0.5) is 0 Å². The van der Waals surface area contributed by atoms with Gasteiger partial charge in [-0.05, 0) is 61.6 Å². The molecule has 2 heteroatoms. The monoisotopic (exact) mass is 307 g/mol. The molecule has 1 nitrogen and oxygen atoms in total. The van der Waals surface area contributed by atoms with Gasteiger partial charge >= 0.3 is 0 Å². The molecular weight excluding hydrogens is 278 g/mol. The second-order valence-corrected chi connectivity index (χ2v) is 7.77. The van der Waals surface area contributed by atoms with Crippen LogP contribution in [-0.4, -0.2) is 12.1 Å². The fourth-order valence-corrected chi connectivity index (χ4v) is 3.92. The van der Waals surface area contributed by atoms with Crippen molar-refractivity contribution in [3.8, 4) is 0 Å². The Morgan fingerprint density at radius 1 is 1.14 bits per heavy atom. The summed E-state index contributed by atoms with van der Waals surface area (Å²) in [6.07, 6.45) is 5.18. The van der Waals surface area contributed by atoms with E-state index in [4.69, 9.17) is 11.6 Å². The molecule has 21 heavy (non-hydrogen) atoms. The van der Waals surface area contributed by atoms with E-state index in [1.54, 1.807) is 0 Å². The van der Waals surface area contributed by atoms with Crippen molar-refractivity contribution in [3.63, 3.8) is 0 Å². The zero-order valence-electron chi connectivity index (χ0n) is 13.9. The van der Waals surface area contributed by atoms with Gasteiger partial charge in [-0.1, -0.05) is 50.9 Å². The molecule has 4 unspecified atom stereocenters. The lowest BCUT2D eigenvalue weighted by atomic mass is 9.73. The third-order valence-corrected chi connectivity index (χ3v) is 5.23. The van der Waals surface area contributed by atoms with Gasteiger partial charge in [0.2, 0.25) is 0 Å². The summed E-state index contributed by atoms with van der Waals surface area (Å²) in [5, 5.41) is 4.73. The van der Waals surface area contributed by atoms with Gasteiger partial charge in [-0.15, -0.1) is 0 Å². The Balaban J connectivity index is 1.93. The van der Waals surface area contributed by atoms with Gasteiger partial charge in [-0.2, -0.15) is 0 Å². The van der Waals surface area contributed by atoms with Crippen LogP contribution in [0.25, 0.3) is 0 Å². The highest BCUT2D eigenvalue weighted by Crippen LogP contribution is 2.33. The molecule has 1 saturated carbocycles. The lowest BCUT2D eigenvalue weighted by Gasteiger charge is -2.39. The summed E-state index contributed by atoms with van der Waals surface area (Å²) in [6, 6.07) is 9.46. The van der Waals surface area contributed by atoms with Gasteiger partial charge in [0.15, 0.2) is 0 Å². The molecule has 1 fully saturated rings.